The molecule has 0 aromatic heterocycles. The van der Waals surface area contributed by atoms with Gasteiger partial charge in [-0.2, -0.15) is 5.26 Å². The third-order valence-corrected chi connectivity index (χ3v) is 3.49. The molecule has 0 spiro atoms. The standard InChI is InChI=1S/C21H18N2O4/c1-15(23)19(13-22)20(24)14-26-21(25)11-10-16-6-5-9-18(12-16)27-17-7-3-2-4-8-17/h2-12,19,23H,14H2,1H3/b11-10+,23-15?. The fraction of sp³-hybridized carbons (Fsp3) is 0.143. The first-order chi connectivity index (χ1) is 13.0. The van der Waals surface area contributed by atoms with Crippen molar-refractivity contribution in [2.45, 2.75) is 6.92 Å². The number of esters is 1. The minimum atomic E-state index is -1.19. The molecule has 0 fully saturated rings. The van der Waals surface area contributed by atoms with E-state index in [4.69, 9.17) is 20.1 Å². The second-order valence-corrected chi connectivity index (χ2v) is 5.64. The Bertz CT molecular complexity index is 898. The molecule has 0 saturated heterocycles. The van der Waals surface area contributed by atoms with Crippen LogP contribution in [-0.4, -0.2) is 24.1 Å². The predicted molar refractivity (Wildman–Crippen MR) is 100 cm³/mol. The topological polar surface area (TPSA) is 100 Å². The third-order valence-electron chi connectivity index (χ3n) is 3.49. The molecule has 0 radical (unpaired) electrons. The zero-order valence-corrected chi connectivity index (χ0v) is 14.7. The molecule has 0 saturated carbocycles. The van der Waals surface area contributed by atoms with E-state index in [1.54, 1.807) is 30.3 Å². The van der Waals surface area contributed by atoms with Gasteiger partial charge in [-0.3, -0.25) is 4.79 Å². The summed E-state index contributed by atoms with van der Waals surface area (Å²) in [6.45, 7) is 0.812. The van der Waals surface area contributed by atoms with Crippen LogP contribution in [0, 0.1) is 22.7 Å². The monoisotopic (exact) mass is 362 g/mol. The van der Waals surface area contributed by atoms with Gasteiger partial charge in [0.05, 0.1) is 6.07 Å². The van der Waals surface area contributed by atoms with Crippen molar-refractivity contribution in [3.63, 3.8) is 0 Å². The predicted octanol–water partition coefficient (Wildman–Crippen LogP) is 3.78. The third kappa shape index (κ3) is 6.25. The number of para-hydroxylation sites is 1. The number of nitrogens with one attached hydrogen (secondary N) is 1. The Kier molecular flexibility index (Phi) is 7.03. The SMILES string of the molecule is CC(=N)C(C#N)C(=O)COC(=O)/C=C/c1cccc(Oc2ccccc2)c1. The zero-order chi connectivity index (χ0) is 19.6. The van der Waals surface area contributed by atoms with E-state index in [1.807, 2.05) is 30.3 Å². The quantitative estimate of drug-likeness (QED) is 0.437. The van der Waals surface area contributed by atoms with Gasteiger partial charge in [-0.15, -0.1) is 0 Å². The Morgan fingerprint density at radius 3 is 2.52 bits per heavy atom. The van der Waals surface area contributed by atoms with E-state index in [-0.39, 0.29) is 5.71 Å². The van der Waals surface area contributed by atoms with E-state index in [1.165, 1.54) is 19.1 Å². The molecule has 2 aromatic carbocycles. The molecule has 1 unspecified atom stereocenters. The second kappa shape index (κ2) is 9.68. The maximum atomic E-state index is 11.7. The Hall–Kier alpha value is -3.72. The van der Waals surface area contributed by atoms with Crippen LogP contribution >= 0.6 is 0 Å². The second-order valence-electron chi connectivity index (χ2n) is 5.64. The van der Waals surface area contributed by atoms with Crippen LogP contribution in [0.4, 0.5) is 0 Å². The van der Waals surface area contributed by atoms with Crippen LogP contribution in [0.5, 0.6) is 11.5 Å². The number of carbonyl (C=O) groups is 2. The Morgan fingerprint density at radius 2 is 1.85 bits per heavy atom. The van der Waals surface area contributed by atoms with Crippen molar-refractivity contribution in [3.05, 3.63) is 66.2 Å². The molecule has 0 aliphatic heterocycles. The number of benzene rings is 2. The van der Waals surface area contributed by atoms with Gasteiger partial charge >= 0.3 is 5.97 Å². The highest BCUT2D eigenvalue weighted by molar-refractivity contribution is 6.06. The normalized spacial score (nSPS) is 11.4. The van der Waals surface area contributed by atoms with Crippen LogP contribution in [0.1, 0.15) is 12.5 Å². The fourth-order valence-electron chi connectivity index (χ4n) is 2.15. The van der Waals surface area contributed by atoms with E-state index in [0.717, 1.165) is 5.56 Å². The molecule has 2 rings (SSSR count). The van der Waals surface area contributed by atoms with Crippen molar-refractivity contribution in [3.8, 4) is 17.6 Å². The molecule has 27 heavy (non-hydrogen) atoms. The highest BCUT2D eigenvalue weighted by Gasteiger charge is 2.20. The summed E-state index contributed by atoms with van der Waals surface area (Å²) in [4.78, 5) is 23.5. The van der Waals surface area contributed by atoms with E-state index in [2.05, 4.69) is 0 Å². The number of hydrogen-bond acceptors (Lipinski definition) is 6. The molecule has 6 nitrogen and oxygen atoms in total. The molecule has 0 aliphatic rings. The summed E-state index contributed by atoms with van der Waals surface area (Å²) in [6.07, 6.45) is 2.72. The molecule has 0 amide bonds. The van der Waals surface area contributed by atoms with Crippen molar-refractivity contribution in [1.29, 1.82) is 10.7 Å². The van der Waals surface area contributed by atoms with E-state index in [0.29, 0.717) is 11.5 Å². The van der Waals surface area contributed by atoms with E-state index >= 15 is 0 Å². The van der Waals surface area contributed by atoms with Gasteiger partial charge in [-0.1, -0.05) is 30.3 Å². The Labute approximate surface area is 157 Å². The molecule has 1 N–H and O–H groups in total. The average molecular weight is 362 g/mol. The molecule has 0 heterocycles. The summed E-state index contributed by atoms with van der Waals surface area (Å²) in [5.41, 5.74) is 0.640. The van der Waals surface area contributed by atoms with Gasteiger partial charge in [0.15, 0.2) is 12.4 Å². The Balaban J connectivity index is 1.92. The molecule has 136 valence electrons. The number of ketones is 1. The minimum Gasteiger partial charge on any atom is -0.457 e. The molecule has 0 bridgehead atoms. The van der Waals surface area contributed by atoms with Gasteiger partial charge in [-0.05, 0) is 42.8 Å². The summed E-state index contributed by atoms with van der Waals surface area (Å²) >= 11 is 0. The molecular formula is C21H18N2O4. The van der Waals surface area contributed by atoms with Crippen molar-refractivity contribution in [2.75, 3.05) is 6.61 Å². The van der Waals surface area contributed by atoms with Gasteiger partial charge in [0, 0.05) is 11.8 Å². The van der Waals surface area contributed by atoms with Crippen molar-refractivity contribution >= 4 is 23.5 Å². The van der Waals surface area contributed by atoms with Crippen molar-refractivity contribution < 1.29 is 19.1 Å². The maximum absolute atomic E-state index is 11.7. The average Bonchev–Trinajstić information content (AvgIpc) is 2.66. The number of carbonyl (C=O) groups excluding carboxylic acids is 2. The number of ether oxygens (including phenoxy) is 2. The van der Waals surface area contributed by atoms with Crippen LogP contribution in [0.25, 0.3) is 6.08 Å². The lowest BCUT2D eigenvalue weighted by Crippen LogP contribution is -2.25. The summed E-state index contributed by atoms with van der Waals surface area (Å²) < 4.78 is 10.6. The van der Waals surface area contributed by atoms with Gasteiger partial charge < -0.3 is 14.9 Å². The Morgan fingerprint density at radius 1 is 1.15 bits per heavy atom. The molecule has 2 aromatic rings. The molecule has 0 aliphatic carbocycles. The number of Topliss-reactive ketones (excluding diaryl/α,β-unsaturated/α-hetero) is 1. The molecule has 6 heteroatoms. The number of nitrogens with zero attached hydrogens (tertiary/aromatic N) is 1. The summed E-state index contributed by atoms with van der Waals surface area (Å²) in [5, 5.41) is 16.2. The van der Waals surface area contributed by atoms with Crippen molar-refractivity contribution in [2.24, 2.45) is 5.92 Å². The minimum absolute atomic E-state index is 0.0793. The first-order valence-electron chi connectivity index (χ1n) is 8.15. The highest BCUT2D eigenvalue weighted by Crippen LogP contribution is 2.22. The lowest BCUT2D eigenvalue weighted by Gasteiger charge is -2.06. The summed E-state index contributed by atoms with van der Waals surface area (Å²) in [7, 11) is 0. The highest BCUT2D eigenvalue weighted by atomic mass is 16.5. The van der Waals surface area contributed by atoms with E-state index < -0.39 is 24.3 Å². The van der Waals surface area contributed by atoms with Crippen LogP contribution in [-0.2, 0) is 14.3 Å². The summed E-state index contributed by atoms with van der Waals surface area (Å²) in [6, 6.07) is 18.1. The van der Waals surface area contributed by atoms with Crippen LogP contribution in [0.3, 0.4) is 0 Å². The number of hydrogen-bond donors (Lipinski definition) is 1. The molecular weight excluding hydrogens is 344 g/mol. The lowest BCUT2D eigenvalue weighted by atomic mass is 10.0. The zero-order valence-electron chi connectivity index (χ0n) is 14.7. The largest absolute Gasteiger partial charge is 0.457 e. The van der Waals surface area contributed by atoms with E-state index in [9.17, 15) is 9.59 Å². The van der Waals surface area contributed by atoms with Gasteiger partial charge in [0.2, 0.25) is 0 Å². The first-order valence-corrected chi connectivity index (χ1v) is 8.15. The first kappa shape index (κ1) is 19.6. The van der Waals surface area contributed by atoms with Crippen LogP contribution in [0.15, 0.2) is 60.7 Å². The van der Waals surface area contributed by atoms with Crippen LogP contribution in [0.2, 0.25) is 0 Å². The van der Waals surface area contributed by atoms with Gasteiger partial charge in [0.1, 0.15) is 17.4 Å². The van der Waals surface area contributed by atoms with Crippen molar-refractivity contribution in [1.82, 2.24) is 0 Å². The maximum Gasteiger partial charge on any atom is 0.331 e. The summed E-state index contributed by atoms with van der Waals surface area (Å²) in [5.74, 6) is -1.20. The smallest absolute Gasteiger partial charge is 0.331 e. The van der Waals surface area contributed by atoms with Crippen LogP contribution < -0.4 is 4.74 Å². The van der Waals surface area contributed by atoms with Gasteiger partial charge in [-0.25, -0.2) is 4.79 Å². The number of rotatable bonds is 8. The lowest BCUT2D eigenvalue weighted by molar-refractivity contribution is -0.143. The fourth-order valence-corrected chi connectivity index (χ4v) is 2.15. The van der Waals surface area contributed by atoms with Gasteiger partial charge in [0.25, 0.3) is 0 Å². The number of nitriles is 1. The molecule has 1 atom stereocenters.